The van der Waals surface area contributed by atoms with Gasteiger partial charge in [-0.25, -0.2) is 9.97 Å². The van der Waals surface area contributed by atoms with E-state index >= 15 is 0 Å². The van der Waals surface area contributed by atoms with E-state index in [9.17, 15) is 9.59 Å². The zero-order valence-corrected chi connectivity index (χ0v) is 18.1. The van der Waals surface area contributed by atoms with E-state index in [1.165, 1.54) is 34.0 Å². The molecule has 4 aromatic rings. The SMILES string of the molecule is O=C(Nc1nc2c(s1)CN(C(=O)c1csc(-c3ccccc3)n1)CC2)c1cccs1. The lowest BCUT2D eigenvalue weighted by Gasteiger charge is -2.25. The van der Waals surface area contributed by atoms with Crippen LogP contribution in [0.1, 0.15) is 30.7 Å². The summed E-state index contributed by atoms with van der Waals surface area (Å²) in [7, 11) is 0. The molecule has 1 aliphatic rings. The van der Waals surface area contributed by atoms with Crippen LogP contribution in [0.4, 0.5) is 5.13 Å². The highest BCUT2D eigenvalue weighted by Gasteiger charge is 2.27. The normalized spacial score (nSPS) is 13.1. The fraction of sp³-hybridized carbons (Fsp3) is 0.143. The molecule has 5 rings (SSSR count). The number of fused-ring (bicyclic) bond motifs is 1. The first-order valence-corrected chi connectivity index (χ1v) is 11.9. The molecule has 0 radical (unpaired) electrons. The molecule has 4 heterocycles. The summed E-state index contributed by atoms with van der Waals surface area (Å²) in [6.45, 7) is 1.07. The highest BCUT2D eigenvalue weighted by atomic mass is 32.1. The molecule has 0 bridgehead atoms. The van der Waals surface area contributed by atoms with Gasteiger partial charge in [-0.15, -0.1) is 22.7 Å². The van der Waals surface area contributed by atoms with Gasteiger partial charge in [0.05, 0.1) is 17.1 Å². The van der Waals surface area contributed by atoms with E-state index in [-0.39, 0.29) is 11.8 Å². The van der Waals surface area contributed by atoms with Gasteiger partial charge in [-0.3, -0.25) is 14.9 Å². The van der Waals surface area contributed by atoms with Crippen molar-refractivity contribution in [2.75, 3.05) is 11.9 Å². The highest BCUT2D eigenvalue weighted by Crippen LogP contribution is 2.30. The lowest BCUT2D eigenvalue weighted by Crippen LogP contribution is -2.35. The minimum Gasteiger partial charge on any atom is -0.332 e. The predicted octanol–water partition coefficient (Wildman–Crippen LogP) is 4.78. The topological polar surface area (TPSA) is 75.2 Å². The minimum atomic E-state index is -0.153. The maximum Gasteiger partial charge on any atom is 0.273 e. The van der Waals surface area contributed by atoms with Crippen LogP contribution >= 0.6 is 34.0 Å². The quantitative estimate of drug-likeness (QED) is 0.484. The number of nitrogens with zero attached hydrogens (tertiary/aromatic N) is 3. The average Bonchev–Trinajstić information content (AvgIpc) is 3.53. The van der Waals surface area contributed by atoms with Gasteiger partial charge in [0.2, 0.25) is 0 Å². The number of thiazole rings is 2. The monoisotopic (exact) mass is 452 g/mol. The first-order valence-electron chi connectivity index (χ1n) is 9.31. The van der Waals surface area contributed by atoms with E-state index in [0.29, 0.717) is 35.2 Å². The number of carbonyl (C=O) groups is 2. The van der Waals surface area contributed by atoms with Crippen molar-refractivity contribution >= 4 is 51.0 Å². The molecule has 1 aliphatic heterocycles. The molecule has 0 unspecified atom stereocenters. The van der Waals surface area contributed by atoms with Gasteiger partial charge in [0, 0.05) is 28.8 Å². The smallest absolute Gasteiger partial charge is 0.273 e. The Hall–Kier alpha value is -2.88. The van der Waals surface area contributed by atoms with Crippen molar-refractivity contribution in [2.24, 2.45) is 0 Å². The van der Waals surface area contributed by atoms with Crippen molar-refractivity contribution in [2.45, 2.75) is 13.0 Å². The molecule has 30 heavy (non-hydrogen) atoms. The third-order valence-electron chi connectivity index (χ3n) is 4.73. The van der Waals surface area contributed by atoms with Crippen LogP contribution in [-0.2, 0) is 13.0 Å². The molecule has 0 atom stereocenters. The van der Waals surface area contributed by atoms with Crippen molar-refractivity contribution in [3.8, 4) is 10.6 Å². The standard InChI is InChI=1S/C21H16N4O2S3/c26-18(16-7-4-10-28-16)24-21-23-14-8-9-25(11-17(14)30-21)20(27)15-12-29-19(22-15)13-5-2-1-3-6-13/h1-7,10,12H,8-9,11H2,(H,23,24,26). The minimum absolute atomic E-state index is 0.0725. The number of anilines is 1. The van der Waals surface area contributed by atoms with E-state index in [1.54, 1.807) is 11.0 Å². The first-order chi connectivity index (χ1) is 14.7. The molecule has 0 saturated carbocycles. The average molecular weight is 453 g/mol. The number of benzene rings is 1. The Bertz CT molecular complexity index is 1200. The summed E-state index contributed by atoms with van der Waals surface area (Å²) in [6.07, 6.45) is 0.669. The fourth-order valence-corrected chi connectivity index (χ4v) is 5.67. The van der Waals surface area contributed by atoms with Gasteiger partial charge >= 0.3 is 0 Å². The van der Waals surface area contributed by atoms with Crippen LogP contribution in [0.3, 0.4) is 0 Å². The number of carbonyl (C=O) groups excluding carboxylic acids is 2. The van der Waals surface area contributed by atoms with E-state index in [1.807, 2.05) is 47.2 Å². The second-order valence-electron chi connectivity index (χ2n) is 6.70. The van der Waals surface area contributed by atoms with Gasteiger partial charge in [-0.2, -0.15) is 0 Å². The lowest BCUT2D eigenvalue weighted by atomic mass is 10.1. The number of thiophene rings is 1. The van der Waals surface area contributed by atoms with Gasteiger partial charge < -0.3 is 4.90 Å². The van der Waals surface area contributed by atoms with Crippen LogP contribution in [0.5, 0.6) is 0 Å². The molecule has 2 amide bonds. The van der Waals surface area contributed by atoms with Gasteiger partial charge in [0.15, 0.2) is 5.13 Å². The molecule has 1 N–H and O–H groups in total. The first kappa shape index (κ1) is 19.1. The Morgan fingerprint density at radius 1 is 1.03 bits per heavy atom. The summed E-state index contributed by atoms with van der Waals surface area (Å²) < 4.78 is 0. The summed E-state index contributed by atoms with van der Waals surface area (Å²) in [6, 6.07) is 13.5. The molecule has 150 valence electrons. The van der Waals surface area contributed by atoms with Gasteiger partial charge in [-0.05, 0) is 11.4 Å². The molecule has 0 fully saturated rings. The number of nitrogens with one attached hydrogen (secondary N) is 1. The van der Waals surface area contributed by atoms with Crippen LogP contribution in [0.25, 0.3) is 10.6 Å². The lowest BCUT2D eigenvalue weighted by molar-refractivity contribution is 0.0731. The molecular weight excluding hydrogens is 436 g/mol. The van der Waals surface area contributed by atoms with Crippen molar-refractivity contribution < 1.29 is 9.59 Å². The van der Waals surface area contributed by atoms with Crippen molar-refractivity contribution in [3.05, 3.63) is 74.4 Å². The number of rotatable bonds is 4. The number of hydrogen-bond acceptors (Lipinski definition) is 7. The Labute approximate surface area is 184 Å². The summed E-state index contributed by atoms with van der Waals surface area (Å²) in [5.74, 6) is -0.225. The molecule has 0 spiro atoms. The summed E-state index contributed by atoms with van der Waals surface area (Å²) in [4.78, 5) is 37.8. The third kappa shape index (κ3) is 3.79. The van der Waals surface area contributed by atoms with Crippen molar-refractivity contribution in [1.82, 2.24) is 14.9 Å². The summed E-state index contributed by atoms with van der Waals surface area (Å²) >= 11 is 4.30. The van der Waals surface area contributed by atoms with Gasteiger partial charge in [0.1, 0.15) is 10.7 Å². The van der Waals surface area contributed by atoms with E-state index in [4.69, 9.17) is 0 Å². The maximum absolute atomic E-state index is 13.0. The summed E-state index contributed by atoms with van der Waals surface area (Å²) in [5, 5.41) is 7.97. The molecule has 0 saturated heterocycles. The molecular formula is C21H16N4O2S3. The van der Waals surface area contributed by atoms with E-state index in [0.717, 1.165) is 21.1 Å². The van der Waals surface area contributed by atoms with Crippen LogP contribution in [0, 0.1) is 0 Å². The molecule has 1 aromatic carbocycles. The molecule has 0 aliphatic carbocycles. The van der Waals surface area contributed by atoms with E-state index < -0.39 is 0 Å². The largest absolute Gasteiger partial charge is 0.332 e. The van der Waals surface area contributed by atoms with Crippen LogP contribution in [0.2, 0.25) is 0 Å². The fourth-order valence-electron chi connectivity index (χ4n) is 3.24. The second-order valence-corrected chi connectivity index (χ2v) is 9.59. The van der Waals surface area contributed by atoms with E-state index in [2.05, 4.69) is 15.3 Å². The Morgan fingerprint density at radius 3 is 2.70 bits per heavy atom. The molecule has 6 nitrogen and oxygen atoms in total. The Morgan fingerprint density at radius 2 is 1.90 bits per heavy atom. The second kappa shape index (κ2) is 8.10. The highest BCUT2D eigenvalue weighted by molar-refractivity contribution is 7.16. The number of amides is 2. The van der Waals surface area contributed by atoms with Gasteiger partial charge in [0.25, 0.3) is 11.8 Å². The molecule has 9 heteroatoms. The summed E-state index contributed by atoms with van der Waals surface area (Å²) in [5.41, 5.74) is 2.43. The maximum atomic E-state index is 13.0. The third-order valence-corrected chi connectivity index (χ3v) is 7.49. The van der Waals surface area contributed by atoms with Crippen LogP contribution in [0.15, 0.2) is 53.2 Å². The number of aromatic nitrogens is 2. The zero-order chi connectivity index (χ0) is 20.5. The van der Waals surface area contributed by atoms with Gasteiger partial charge in [-0.1, -0.05) is 47.7 Å². The number of hydrogen-bond donors (Lipinski definition) is 1. The van der Waals surface area contributed by atoms with Crippen LogP contribution < -0.4 is 5.32 Å². The molecule has 3 aromatic heterocycles. The van der Waals surface area contributed by atoms with Crippen LogP contribution in [-0.4, -0.2) is 33.2 Å². The zero-order valence-electron chi connectivity index (χ0n) is 15.7. The van der Waals surface area contributed by atoms with Crippen molar-refractivity contribution in [3.63, 3.8) is 0 Å². The Kier molecular flexibility index (Phi) is 5.16. The Balaban J connectivity index is 1.29. The van der Waals surface area contributed by atoms with Crippen molar-refractivity contribution in [1.29, 1.82) is 0 Å². The predicted molar refractivity (Wildman–Crippen MR) is 120 cm³/mol.